The van der Waals surface area contributed by atoms with Gasteiger partial charge in [-0.3, -0.25) is 4.99 Å². The maximum atomic E-state index is 10.4. The number of carboxylic acid groups (broad SMARTS) is 1. The molecule has 20 heavy (non-hydrogen) atoms. The third-order valence-corrected chi connectivity index (χ3v) is 2.72. The topological polar surface area (TPSA) is 58.9 Å². The maximum absolute atomic E-state index is 10.4. The fourth-order valence-corrected chi connectivity index (χ4v) is 1.76. The number of nitrogens with zero attached hydrogens (tertiary/aromatic N) is 1. The molecule has 2 rings (SSSR count). The van der Waals surface area contributed by atoms with Crippen molar-refractivity contribution >= 4 is 29.5 Å². The van der Waals surface area contributed by atoms with Gasteiger partial charge in [0.05, 0.1) is 10.7 Å². The smallest absolute Gasteiger partial charge is 0.341 e. The molecule has 5 heteroatoms. The first-order valence-corrected chi connectivity index (χ1v) is 6.26. The van der Waals surface area contributed by atoms with Gasteiger partial charge in [0.25, 0.3) is 0 Å². The molecule has 0 amide bonds. The van der Waals surface area contributed by atoms with Gasteiger partial charge in [0.2, 0.25) is 0 Å². The zero-order valence-electron chi connectivity index (χ0n) is 10.5. The molecule has 0 aliphatic carbocycles. The van der Waals surface area contributed by atoms with Crippen molar-refractivity contribution in [1.29, 1.82) is 0 Å². The van der Waals surface area contributed by atoms with Gasteiger partial charge in [-0.15, -0.1) is 0 Å². The third kappa shape index (κ3) is 4.10. The Kier molecular flexibility index (Phi) is 4.74. The first kappa shape index (κ1) is 14.1. The van der Waals surface area contributed by atoms with Crippen LogP contribution in [0.5, 0.6) is 5.75 Å². The van der Waals surface area contributed by atoms with Crippen LogP contribution in [0.4, 0.5) is 5.69 Å². The number of rotatable bonds is 5. The molecule has 0 unspecified atom stereocenters. The van der Waals surface area contributed by atoms with Crippen molar-refractivity contribution in [3.63, 3.8) is 0 Å². The molecule has 0 radical (unpaired) electrons. The number of carbonyl (C=O) groups is 1. The minimum absolute atomic E-state index is 0.339. The normalized spacial score (nSPS) is 10.7. The zero-order chi connectivity index (χ0) is 14.4. The highest BCUT2D eigenvalue weighted by molar-refractivity contribution is 6.32. The second kappa shape index (κ2) is 6.73. The van der Waals surface area contributed by atoms with E-state index in [4.69, 9.17) is 21.4 Å². The fourth-order valence-electron chi connectivity index (χ4n) is 1.52. The van der Waals surface area contributed by atoms with Gasteiger partial charge in [-0.1, -0.05) is 29.8 Å². The van der Waals surface area contributed by atoms with Crippen LogP contribution in [0.3, 0.4) is 0 Å². The van der Waals surface area contributed by atoms with Crippen molar-refractivity contribution in [2.75, 3.05) is 6.61 Å². The van der Waals surface area contributed by atoms with Crippen molar-refractivity contribution in [3.05, 3.63) is 59.1 Å². The van der Waals surface area contributed by atoms with Crippen LogP contribution >= 0.6 is 11.6 Å². The van der Waals surface area contributed by atoms with Crippen LogP contribution in [0.25, 0.3) is 0 Å². The molecule has 0 atom stereocenters. The number of aliphatic imine (C=N–C) groups is 1. The number of carboxylic acids is 1. The Balaban J connectivity index is 2.09. The highest BCUT2D eigenvalue weighted by Crippen LogP contribution is 2.25. The molecule has 0 bridgehead atoms. The summed E-state index contributed by atoms with van der Waals surface area (Å²) in [6.07, 6.45) is 1.68. The Morgan fingerprint density at radius 1 is 1.25 bits per heavy atom. The van der Waals surface area contributed by atoms with Gasteiger partial charge in [0.15, 0.2) is 6.61 Å². The number of aliphatic carboxylic acids is 1. The van der Waals surface area contributed by atoms with Crippen molar-refractivity contribution in [3.8, 4) is 5.75 Å². The van der Waals surface area contributed by atoms with E-state index in [2.05, 4.69) is 4.99 Å². The molecule has 2 aromatic carbocycles. The van der Waals surface area contributed by atoms with Crippen LogP contribution in [0.2, 0.25) is 5.02 Å². The lowest BCUT2D eigenvalue weighted by Crippen LogP contribution is -2.09. The number of benzene rings is 2. The number of halogens is 1. The summed E-state index contributed by atoms with van der Waals surface area (Å²) < 4.78 is 5.04. The number of hydrogen-bond acceptors (Lipinski definition) is 3. The lowest BCUT2D eigenvalue weighted by atomic mass is 10.2. The lowest BCUT2D eigenvalue weighted by molar-refractivity contribution is -0.139. The van der Waals surface area contributed by atoms with E-state index < -0.39 is 12.6 Å². The molecule has 4 nitrogen and oxygen atoms in total. The van der Waals surface area contributed by atoms with Crippen LogP contribution < -0.4 is 4.74 Å². The van der Waals surface area contributed by atoms with Crippen LogP contribution in [-0.2, 0) is 4.79 Å². The average molecular weight is 290 g/mol. The average Bonchev–Trinajstić information content (AvgIpc) is 2.45. The minimum Gasteiger partial charge on any atom is -0.480 e. The van der Waals surface area contributed by atoms with Crippen LogP contribution in [0.15, 0.2) is 53.5 Å². The molecule has 0 heterocycles. The van der Waals surface area contributed by atoms with Crippen molar-refractivity contribution in [2.24, 2.45) is 4.99 Å². The number of ether oxygens (including phenoxy) is 1. The minimum atomic E-state index is -1.05. The lowest BCUT2D eigenvalue weighted by Gasteiger charge is -2.05. The molecule has 1 N–H and O–H groups in total. The summed E-state index contributed by atoms with van der Waals surface area (Å²) in [6, 6.07) is 14.6. The fraction of sp³-hybridized carbons (Fsp3) is 0.0667. The Morgan fingerprint density at radius 2 is 2.00 bits per heavy atom. The van der Waals surface area contributed by atoms with Crippen LogP contribution in [0, 0.1) is 0 Å². The van der Waals surface area contributed by atoms with Crippen LogP contribution in [0.1, 0.15) is 5.56 Å². The van der Waals surface area contributed by atoms with Gasteiger partial charge in [0.1, 0.15) is 5.75 Å². The molecule has 0 spiro atoms. The summed E-state index contributed by atoms with van der Waals surface area (Å²) in [4.78, 5) is 14.7. The molecule has 2 aromatic rings. The molecule has 0 aromatic heterocycles. The molecule has 0 saturated heterocycles. The van der Waals surface area contributed by atoms with Crippen LogP contribution in [-0.4, -0.2) is 23.9 Å². The molecule has 0 aliphatic heterocycles. The van der Waals surface area contributed by atoms with E-state index in [1.54, 1.807) is 24.4 Å². The van der Waals surface area contributed by atoms with Gasteiger partial charge in [-0.25, -0.2) is 4.79 Å². The Hall–Kier alpha value is -2.33. The summed E-state index contributed by atoms with van der Waals surface area (Å²) in [5, 5.41) is 8.89. The molecular formula is C15H12ClNO3. The van der Waals surface area contributed by atoms with Crippen molar-refractivity contribution in [1.82, 2.24) is 0 Å². The third-order valence-electron chi connectivity index (χ3n) is 2.43. The first-order chi connectivity index (χ1) is 9.65. The Bertz CT molecular complexity index is 626. The summed E-state index contributed by atoms with van der Waals surface area (Å²) in [7, 11) is 0. The molecule has 0 saturated carbocycles. The van der Waals surface area contributed by atoms with E-state index in [0.717, 1.165) is 11.3 Å². The van der Waals surface area contributed by atoms with Crippen molar-refractivity contribution in [2.45, 2.75) is 0 Å². The molecular weight excluding hydrogens is 278 g/mol. The largest absolute Gasteiger partial charge is 0.480 e. The zero-order valence-corrected chi connectivity index (χ0v) is 11.2. The summed E-state index contributed by atoms with van der Waals surface area (Å²) in [5.41, 5.74) is 1.65. The number of para-hydroxylation sites is 1. The van der Waals surface area contributed by atoms with E-state index >= 15 is 0 Å². The van der Waals surface area contributed by atoms with E-state index in [9.17, 15) is 4.79 Å². The van der Waals surface area contributed by atoms with E-state index in [1.807, 2.05) is 30.3 Å². The maximum Gasteiger partial charge on any atom is 0.341 e. The van der Waals surface area contributed by atoms with E-state index in [-0.39, 0.29) is 0 Å². The predicted octanol–water partition coefficient (Wildman–Crippen LogP) is 3.55. The summed E-state index contributed by atoms with van der Waals surface area (Å²) in [6.45, 7) is -0.419. The van der Waals surface area contributed by atoms with Gasteiger partial charge in [0, 0.05) is 6.21 Å². The second-order valence-corrected chi connectivity index (χ2v) is 4.37. The van der Waals surface area contributed by atoms with Gasteiger partial charge >= 0.3 is 5.97 Å². The second-order valence-electron chi connectivity index (χ2n) is 3.97. The van der Waals surface area contributed by atoms with E-state index in [1.165, 1.54) is 0 Å². The quantitative estimate of drug-likeness (QED) is 0.856. The summed E-state index contributed by atoms with van der Waals surface area (Å²) in [5.74, 6) is -0.707. The predicted molar refractivity (Wildman–Crippen MR) is 78.3 cm³/mol. The standard InChI is InChI=1S/C15H12ClNO3/c16-13-8-11(6-7-14(13)20-10-15(18)19)9-17-12-4-2-1-3-5-12/h1-9H,10H2,(H,18,19). The highest BCUT2D eigenvalue weighted by Gasteiger charge is 2.04. The van der Waals surface area contributed by atoms with Gasteiger partial charge in [-0.2, -0.15) is 0 Å². The monoisotopic (exact) mass is 289 g/mol. The highest BCUT2D eigenvalue weighted by atomic mass is 35.5. The Morgan fingerprint density at radius 3 is 2.65 bits per heavy atom. The summed E-state index contributed by atoms with van der Waals surface area (Å²) >= 11 is 6.02. The molecule has 0 fully saturated rings. The van der Waals surface area contributed by atoms with Gasteiger partial charge in [-0.05, 0) is 35.9 Å². The van der Waals surface area contributed by atoms with E-state index in [0.29, 0.717) is 10.8 Å². The SMILES string of the molecule is O=C(O)COc1ccc(C=Nc2ccccc2)cc1Cl. The van der Waals surface area contributed by atoms with Crippen molar-refractivity contribution < 1.29 is 14.6 Å². The first-order valence-electron chi connectivity index (χ1n) is 5.88. The van der Waals surface area contributed by atoms with Gasteiger partial charge < -0.3 is 9.84 Å². The Labute approximate surface area is 121 Å². The molecule has 0 aliphatic rings. The number of hydrogen-bond donors (Lipinski definition) is 1. The molecule has 102 valence electrons.